The Morgan fingerprint density at radius 3 is 2.38 bits per heavy atom. The van der Waals surface area contributed by atoms with E-state index in [1.54, 1.807) is 0 Å². The number of aromatic carboxylic acids is 1. The summed E-state index contributed by atoms with van der Waals surface area (Å²) in [5, 5.41) is 19.4. The molecule has 8 heteroatoms. The Hall–Kier alpha value is -2.61. The average molecular weight is 308 g/mol. The van der Waals surface area contributed by atoms with E-state index in [0.29, 0.717) is 4.90 Å². The number of hydrogen-bond acceptors (Lipinski definition) is 5. The van der Waals surface area contributed by atoms with Crippen LogP contribution in [-0.4, -0.2) is 16.0 Å². The number of carboxylic acid groups (broad SMARTS) is 1. The molecule has 0 radical (unpaired) electrons. The van der Waals surface area contributed by atoms with Crippen LogP contribution in [0.15, 0.2) is 46.2 Å². The summed E-state index contributed by atoms with van der Waals surface area (Å²) in [7, 11) is 0. The Kier molecular flexibility index (Phi) is 4.08. The van der Waals surface area contributed by atoms with Crippen molar-refractivity contribution in [1.82, 2.24) is 0 Å². The van der Waals surface area contributed by atoms with Gasteiger partial charge in [-0.05, 0) is 30.3 Å². The summed E-state index contributed by atoms with van der Waals surface area (Å²) >= 11 is 0.999. The molecule has 2 rings (SSSR count). The molecule has 0 heterocycles. The van der Waals surface area contributed by atoms with Crippen LogP contribution in [0, 0.1) is 15.9 Å². The van der Waals surface area contributed by atoms with E-state index in [1.165, 1.54) is 30.3 Å². The van der Waals surface area contributed by atoms with Crippen molar-refractivity contribution in [2.24, 2.45) is 0 Å². The quantitative estimate of drug-likeness (QED) is 0.510. The first-order valence-corrected chi connectivity index (χ1v) is 6.45. The molecule has 0 saturated carbocycles. The number of rotatable bonds is 4. The number of benzene rings is 2. The molecular formula is C13H9FN2O4S. The van der Waals surface area contributed by atoms with Crippen LogP contribution in [0.2, 0.25) is 0 Å². The van der Waals surface area contributed by atoms with Gasteiger partial charge < -0.3 is 10.8 Å². The summed E-state index contributed by atoms with van der Waals surface area (Å²) in [5.41, 5.74) is 4.50. The molecule has 6 nitrogen and oxygen atoms in total. The first kappa shape index (κ1) is 14.8. The number of anilines is 1. The van der Waals surface area contributed by atoms with E-state index in [0.717, 1.165) is 17.8 Å². The number of nitrogen functional groups attached to an aromatic ring is 1. The van der Waals surface area contributed by atoms with Crippen LogP contribution < -0.4 is 5.73 Å². The van der Waals surface area contributed by atoms with Crippen molar-refractivity contribution in [3.05, 3.63) is 57.9 Å². The molecule has 0 aliphatic rings. The van der Waals surface area contributed by atoms with Crippen LogP contribution in [0.3, 0.4) is 0 Å². The number of halogens is 1. The first-order valence-electron chi connectivity index (χ1n) is 5.63. The molecule has 0 aliphatic carbocycles. The molecule has 2 aromatic rings. The Morgan fingerprint density at radius 1 is 1.24 bits per heavy atom. The fourth-order valence-corrected chi connectivity index (χ4v) is 2.46. The van der Waals surface area contributed by atoms with Crippen molar-refractivity contribution in [2.75, 3.05) is 5.73 Å². The third kappa shape index (κ3) is 3.11. The molecule has 0 unspecified atom stereocenters. The van der Waals surface area contributed by atoms with Crippen molar-refractivity contribution in [1.29, 1.82) is 0 Å². The van der Waals surface area contributed by atoms with Crippen LogP contribution in [-0.2, 0) is 0 Å². The van der Waals surface area contributed by atoms with Gasteiger partial charge in [-0.1, -0.05) is 11.8 Å². The maximum Gasteiger partial charge on any atom is 0.335 e. The molecule has 0 aromatic heterocycles. The van der Waals surface area contributed by atoms with Gasteiger partial charge in [0.15, 0.2) is 5.82 Å². The molecule has 0 atom stereocenters. The molecule has 0 aliphatic heterocycles. The normalized spacial score (nSPS) is 10.3. The maximum absolute atomic E-state index is 14.0. The van der Waals surface area contributed by atoms with Crippen LogP contribution in [0.5, 0.6) is 0 Å². The third-order valence-corrected chi connectivity index (χ3v) is 3.69. The van der Waals surface area contributed by atoms with E-state index in [2.05, 4.69) is 0 Å². The second-order valence-electron chi connectivity index (χ2n) is 4.00. The summed E-state index contributed by atoms with van der Waals surface area (Å²) in [6.45, 7) is 0. The minimum absolute atomic E-state index is 0.114. The topological polar surface area (TPSA) is 106 Å². The number of carbonyl (C=O) groups is 1. The molecule has 21 heavy (non-hydrogen) atoms. The minimum atomic E-state index is -1.06. The summed E-state index contributed by atoms with van der Waals surface area (Å²) in [6.07, 6.45) is 0. The van der Waals surface area contributed by atoms with E-state index < -0.39 is 28.1 Å². The highest BCUT2D eigenvalue weighted by Gasteiger charge is 2.19. The molecule has 0 saturated heterocycles. The predicted molar refractivity (Wildman–Crippen MR) is 75.0 cm³/mol. The van der Waals surface area contributed by atoms with Gasteiger partial charge in [-0.15, -0.1) is 0 Å². The van der Waals surface area contributed by atoms with Crippen LogP contribution >= 0.6 is 11.8 Å². The average Bonchev–Trinajstić information content (AvgIpc) is 2.44. The summed E-state index contributed by atoms with van der Waals surface area (Å²) in [5.74, 6) is -1.92. The molecule has 3 N–H and O–H groups in total. The Morgan fingerprint density at radius 2 is 1.86 bits per heavy atom. The molecule has 108 valence electrons. The van der Waals surface area contributed by atoms with Gasteiger partial charge >= 0.3 is 5.97 Å². The van der Waals surface area contributed by atoms with Crippen LogP contribution in [0.1, 0.15) is 10.4 Å². The Bertz CT molecular complexity index is 719. The van der Waals surface area contributed by atoms with Gasteiger partial charge in [0.1, 0.15) is 5.69 Å². The standard InChI is InChI=1S/C13H9FN2O4S/c14-11-10(6-5-9(12(11)15)16(19)20)21-8-3-1-7(2-4-8)13(17)18/h1-6H,15H2,(H,17,18). The van der Waals surface area contributed by atoms with Crippen LogP contribution in [0.4, 0.5) is 15.8 Å². The zero-order valence-corrected chi connectivity index (χ0v) is 11.3. The highest BCUT2D eigenvalue weighted by Crippen LogP contribution is 2.35. The summed E-state index contributed by atoms with van der Waals surface area (Å²) in [4.78, 5) is 21.3. The van der Waals surface area contributed by atoms with Crippen LogP contribution in [0.25, 0.3) is 0 Å². The highest BCUT2D eigenvalue weighted by molar-refractivity contribution is 7.99. The minimum Gasteiger partial charge on any atom is -0.478 e. The lowest BCUT2D eigenvalue weighted by atomic mass is 10.2. The van der Waals surface area contributed by atoms with Gasteiger partial charge in [-0.25, -0.2) is 9.18 Å². The smallest absolute Gasteiger partial charge is 0.335 e. The molecule has 0 fully saturated rings. The number of nitrogens with two attached hydrogens (primary N) is 1. The number of nitrogens with zero attached hydrogens (tertiary/aromatic N) is 1. The fraction of sp³-hybridized carbons (Fsp3) is 0. The zero-order chi connectivity index (χ0) is 15.6. The van der Waals surface area contributed by atoms with Crippen molar-refractivity contribution in [2.45, 2.75) is 9.79 Å². The maximum atomic E-state index is 14.0. The monoisotopic (exact) mass is 308 g/mol. The lowest BCUT2D eigenvalue weighted by Gasteiger charge is -2.06. The highest BCUT2D eigenvalue weighted by atomic mass is 32.2. The van der Waals surface area contributed by atoms with E-state index in [4.69, 9.17) is 10.8 Å². The van der Waals surface area contributed by atoms with Gasteiger partial charge in [0.25, 0.3) is 5.69 Å². The number of nitro groups is 1. The fourth-order valence-electron chi connectivity index (χ4n) is 1.59. The molecule has 0 amide bonds. The second kappa shape index (κ2) is 5.80. The summed E-state index contributed by atoms with van der Waals surface area (Å²) < 4.78 is 14.0. The first-order chi connectivity index (χ1) is 9.90. The van der Waals surface area contributed by atoms with Crippen molar-refractivity contribution >= 4 is 29.1 Å². The van der Waals surface area contributed by atoms with E-state index in [9.17, 15) is 19.3 Å². The zero-order valence-electron chi connectivity index (χ0n) is 10.4. The van der Waals surface area contributed by atoms with Crippen molar-refractivity contribution < 1.29 is 19.2 Å². The lowest BCUT2D eigenvalue weighted by Crippen LogP contribution is -1.99. The van der Waals surface area contributed by atoms with E-state index in [1.807, 2.05) is 0 Å². The molecule has 2 aromatic carbocycles. The Labute approximate surface area is 122 Å². The SMILES string of the molecule is Nc1c([N+](=O)[O-])ccc(Sc2ccc(C(=O)O)cc2)c1F. The predicted octanol–water partition coefficient (Wildman–Crippen LogP) is 3.17. The van der Waals surface area contributed by atoms with Crippen molar-refractivity contribution in [3.8, 4) is 0 Å². The molecule has 0 bridgehead atoms. The Balaban J connectivity index is 2.29. The van der Waals surface area contributed by atoms with Crippen molar-refractivity contribution in [3.63, 3.8) is 0 Å². The van der Waals surface area contributed by atoms with Gasteiger partial charge in [0.2, 0.25) is 0 Å². The van der Waals surface area contributed by atoms with E-state index >= 15 is 0 Å². The van der Waals surface area contributed by atoms with Gasteiger partial charge in [-0.3, -0.25) is 10.1 Å². The van der Waals surface area contributed by atoms with Gasteiger partial charge in [0.05, 0.1) is 15.4 Å². The number of carboxylic acids is 1. The third-order valence-electron chi connectivity index (χ3n) is 2.65. The second-order valence-corrected chi connectivity index (χ2v) is 5.11. The number of hydrogen-bond donors (Lipinski definition) is 2. The molecular weight excluding hydrogens is 299 g/mol. The lowest BCUT2D eigenvalue weighted by molar-refractivity contribution is -0.384. The largest absolute Gasteiger partial charge is 0.478 e. The number of nitro benzene ring substituents is 1. The summed E-state index contributed by atoms with van der Waals surface area (Å²) in [6, 6.07) is 8.21. The van der Waals surface area contributed by atoms with Gasteiger partial charge in [0, 0.05) is 11.0 Å². The van der Waals surface area contributed by atoms with Gasteiger partial charge in [-0.2, -0.15) is 0 Å². The van der Waals surface area contributed by atoms with E-state index in [-0.39, 0.29) is 10.5 Å². The molecule has 0 spiro atoms.